The van der Waals surface area contributed by atoms with Crippen LogP contribution in [0, 0.1) is 13.8 Å². The maximum Gasteiger partial charge on any atom is 0.118 e. The normalized spacial score (nSPS) is 13.2. The molecule has 0 radical (unpaired) electrons. The van der Waals surface area contributed by atoms with E-state index in [1.807, 2.05) is 48.7 Å². The minimum atomic E-state index is -0.654. The summed E-state index contributed by atoms with van der Waals surface area (Å²) in [6.07, 6.45) is 0. The lowest BCUT2D eigenvalue weighted by atomic mass is 9.67. The topological polar surface area (TPSA) is 40.5 Å². The predicted octanol–water partition coefficient (Wildman–Crippen LogP) is 11.8. The molecule has 2 aromatic heterocycles. The van der Waals surface area contributed by atoms with Crippen molar-refractivity contribution in [2.24, 2.45) is 0 Å². The molecule has 0 saturated carbocycles. The molecule has 0 aliphatic heterocycles. The number of benzene rings is 6. The third kappa shape index (κ3) is 4.22. The number of phenolic OH excluding ortho intramolecular Hbond substituents is 2. The first-order chi connectivity index (χ1) is 22.9. The minimum Gasteiger partial charge on any atom is -0.508 e. The molecule has 1 aliphatic carbocycles. The lowest BCUT2D eigenvalue weighted by molar-refractivity contribution is 0.470. The Bertz CT molecular complexity index is 2290. The van der Waals surface area contributed by atoms with Gasteiger partial charge in [0.2, 0.25) is 0 Å². The molecule has 4 heteroatoms. The maximum atomic E-state index is 10.6. The summed E-state index contributed by atoms with van der Waals surface area (Å²) in [4.78, 5) is 2.49. The molecule has 9 rings (SSSR count). The van der Waals surface area contributed by atoms with E-state index in [1.54, 1.807) is 0 Å². The second-order valence-electron chi connectivity index (χ2n) is 12.6. The van der Waals surface area contributed by atoms with Gasteiger partial charge in [-0.05, 0) is 129 Å². The molecule has 2 nitrogen and oxygen atoms in total. The van der Waals surface area contributed by atoms with Crippen molar-refractivity contribution in [1.82, 2.24) is 0 Å². The van der Waals surface area contributed by atoms with Gasteiger partial charge in [-0.15, -0.1) is 22.7 Å². The molecule has 8 aromatic rings. The fourth-order valence-electron chi connectivity index (χ4n) is 7.45. The van der Waals surface area contributed by atoms with Gasteiger partial charge in [-0.1, -0.05) is 84.9 Å². The summed E-state index contributed by atoms with van der Waals surface area (Å²) in [6, 6.07) is 47.6. The van der Waals surface area contributed by atoms with Crippen molar-refractivity contribution in [3.05, 3.63) is 167 Å². The lowest BCUT2D eigenvalue weighted by Gasteiger charge is -2.34. The lowest BCUT2D eigenvalue weighted by Crippen LogP contribution is -2.28. The van der Waals surface area contributed by atoms with Crippen LogP contribution >= 0.6 is 22.7 Å². The molecule has 0 bridgehead atoms. The Morgan fingerprint density at radius 3 is 1.34 bits per heavy atom. The quantitative estimate of drug-likeness (QED) is 0.201. The van der Waals surface area contributed by atoms with Crippen molar-refractivity contribution in [2.45, 2.75) is 19.3 Å². The van der Waals surface area contributed by atoms with Crippen molar-refractivity contribution in [3.8, 4) is 43.5 Å². The predicted molar refractivity (Wildman–Crippen MR) is 198 cm³/mol. The molecular weight excluding hydrogens is 613 g/mol. The van der Waals surface area contributed by atoms with Gasteiger partial charge in [0, 0.05) is 19.2 Å². The van der Waals surface area contributed by atoms with Gasteiger partial charge in [0.1, 0.15) is 11.5 Å². The van der Waals surface area contributed by atoms with Gasteiger partial charge < -0.3 is 10.2 Å². The Labute approximate surface area is 281 Å². The minimum absolute atomic E-state index is 0.282. The fraction of sp³-hybridized carbons (Fsp3) is 0.0698. The van der Waals surface area contributed by atoms with Crippen LogP contribution in [0.25, 0.3) is 52.2 Å². The highest BCUT2D eigenvalue weighted by Crippen LogP contribution is 2.58. The molecule has 2 N–H and O–H groups in total. The summed E-state index contributed by atoms with van der Waals surface area (Å²) in [6.45, 7) is 3.92. The smallest absolute Gasteiger partial charge is 0.118 e. The van der Waals surface area contributed by atoms with Gasteiger partial charge in [-0.3, -0.25) is 0 Å². The van der Waals surface area contributed by atoms with Crippen LogP contribution < -0.4 is 0 Å². The second-order valence-corrected chi connectivity index (χ2v) is 14.7. The average molecular weight is 643 g/mol. The van der Waals surface area contributed by atoms with E-state index in [0.29, 0.717) is 0 Å². The highest BCUT2D eigenvalue weighted by Gasteiger charge is 2.46. The molecule has 2 heterocycles. The standard InChI is InChI=1S/C43H30O2S2/c1-25-19-31(13-17-37(25)44)43(32-14-18-38(45)26(2)20-32)35-15-11-29(41-23-27-7-3-5-9-39(27)46-41)21-33(35)34-22-30(12-16-36(34)43)42-24-28-8-4-6-10-40(28)47-42/h3-24,44-45H,1-2H3. The SMILES string of the molecule is Cc1cc(C2(c3ccc(O)c(C)c3)c3ccc(-c4cc5ccccc5s4)cc3-c3cc(-c4cc5ccccc5s4)ccc32)ccc1O. The van der Waals surface area contributed by atoms with Gasteiger partial charge in [-0.2, -0.15) is 0 Å². The van der Waals surface area contributed by atoms with E-state index in [9.17, 15) is 10.2 Å². The number of hydrogen-bond acceptors (Lipinski definition) is 4. The van der Waals surface area contributed by atoms with Gasteiger partial charge in [0.05, 0.1) is 5.41 Å². The molecule has 0 spiro atoms. The van der Waals surface area contributed by atoms with Crippen LogP contribution in [-0.4, -0.2) is 10.2 Å². The largest absolute Gasteiger partial charge is 0.508 e. The molecule has 0 fully saturated rings. The maximum absolute atomic E-state index is 10.6. The van der Waals surface area contributed by atoms with E-state index >= 15 is 0 Å². The molecule has 6 aromatic carbocycles. The van der Waals surface area contributed by atoms with Crippen molar-refractivity contribution in [3.63, 3.8) is 0 Å². The van der Waals surface area contributed by atoms with Gasteiger partial charge >= 0.3 is 0 Å². The third-order valence-electron chi connectivity index (χ3n) is 9.82. The number of aryl methyl sites for hydroxylation is 2. The van der Waals surface area contributed by atoms with Gasteiger partial charge in [0.15, 0.2) is 0 Å². The average Bonchev–Trinajstić information content (AvgIpc) is 3.80. The van der Waals surface area contributed by atoms with Crippen LogP contribution in [0.15, 0.2) is 133 Å². The van der Waals surface area contributed by atoms with Gasteiger partial charge in [0.25, 0.3) is 0 Å². The molecule has 0 saturated heterocycles. The molecule has 0 amide bonds. The number of hydrogen-bond donors (Lipinski definition) is 2. The highest BCUT2D eigenvalue weighted by atomic mass is 32.1. The van der Waals surface area contributed by atoms with Crippen LogP contribution in [0.1, 0.15) is 33.4 Å². The van der Waals surface area contributed by atoms with E-state index in [0.717, 1.165) is 22.3 Å². The molecule has 0 atom stereocenters. The molecule has 226 valence electrons. The van der Waals surface area contributed by atoms with Crippen molar-refractivity contribution in [2.75, 3.05) is 0 Å². The summed E-state index contributed by atoms with van der Waals surface area (Å²) in [7, 11) is 0. The highest BCUT2D eigenvalue weighted by molar-refractivity contribution is 7.22. The first-order valence-corrected chi connectivity index (χ1v) is 17.4. The zero-order chi connectivity index (χ0) is 31.9. The Morgan fingerprint density at radius 1 is 0.468 bits per heavy atom. The van der Waals surface area contributed by atoms with Crippen LogP contribution in [-0.2, 0) is 5.41 Å². The first-order valence-electron chi connectivity index (χ1n) is 15.8. The number of rotatable bonds is 4. The summed E-state index contributed by atoms with van der Waals surface area (Å²) >= 11 is 3.65. The van der Waals surface area contributed by atoms with Crippen molar-refractivity contribution >= 4 is 42.8 Å². The van der Waals surface area contributed by atoms with Crippen LogP contribution in [0.4, 0.5) is 0 Å². The third-order valence-corrected chi connectivity index (χ3v) is 12.1. The first kappa shape index (κ1) is 28.1. The van der Waals surface area contributed by atoms with E-state index in [-0.39, 0.29) is 11.5 Å². The number of phenols is 2. The Kier molecular flexibility index (Phi) is 6.23. The van der Waals surface area contributed by atoms with Crippen molar-refractivity contribution < 1.29 is 10.2 Å². The number of thiophene rings is 2. The Morgan fingerprint density at radius 2 is 0.915 bits per heavy atom. The van der Waals surface area contributed by atoms with Crippen LogP contribution in [0.2, 0.25) is 0 Å². The Hall–Kier alpha value is -5.16. The van der Waals surface area contributed by atoms with E-state index in [2.05, 4.69) is 121 Å². The van der Waals surface area contributed by atoms with Crippen LogP contribution in [0.5, 0.6) is 11.5 Å². The number of fused-ring (bicyclic) bond motifs is 5. The zero-order valence-electron chi connectivity index (χ0n) is 25.9. The summed E-state index contributed by atoms with van der Waals surface area (Å²) in [5.74, 6) is 0.564. The summed E-state index contributed by atoms with van der Waals surface area (Å²) in [5, 5.41) is 23.8. The molecular formula is C43H30O2S2. The van der Waals surface area contributed by atoms with Crippen LogP contribution in [0.3, 0.4) is 0 Å². The van der Waals surface area contributed by atoms with E-state index in [4.69, 9.17) is 0 Å². The summed E-state index contributed by atoms with van der Waals surface area (Å²) in [5.41, 5.74) is 10.4. The van der Waals surface area contributed by atoms with Gasteiger partial charge in [-0.25, -0.2) is 0 Å². The number of aromatic hydroxyl groups is 2. The molecule has 47 heavy (non-hydrogen) atoms. The fourth-order valence-corrected chi connectivity index (χ4v) is 9.57. The summed E-state index contributed by atoms with van der Waals surface area (Å²) < 4.78 is 2.56. The molecule has 1 aliphatic rings. The van der Waals surface area contributed by atoms with E-state index in [1.165, 1.54) is 63.3 Å². The zero-order valence-corrected chi connectivity index (χ0v) is 27.5. The molecule has 0 unspecified atom stereocenters. The monoisotopic (exact) mass is 642 g/mol. The van der Waals surface area contributed by atoms with Crippen molar-refractivity contribution in [1.29, 1.82) is 0 Å². The Balaban J connectivity index is 1.36. The second kappa shape index (κ2) is 10.4. The van der Waals surface area contributed by atoms with E-state index < -0.39 is 5.41 Å².